The molecule has 1 aromatic rings. The number of aliphatic hydroxyl groups excluding tert-OH is 1. The molecule has 23 heteroatoms. The summed E-state index contributed by atoms with van der Waals surface area (Å²) in [6.45, 7) is -1.94. The fourth-order valence-corrected chi connectivity index (χ4v) is 4.88. The number of carbonyl (C=O) groups excluding carboxylic acids is 5. The fraction of sp³-hybridized carbons (Fsp3) is 0.519. The molecule has 1 heterocycles. The van der Waals surface area contributed by atoms with Gasteiger partial charge in [-0.3, -0.25) is 38.5 Å². The molecule has 22 nitrogen and oxygen atoms in total. The van der Waals surface area contributed by atoms with E-state index in [2.05, 4.69) is 41.1 Å². The third kappa shape index (κ3) is 15.0. The number of carbonyl (C=O) groups is 5. The molecule has 1 aliphatic rings. The Hall–Kier alpha value is -5.02. The van der Waals surface area contributed by atoms with Gasteiger partial charge in [-0.15, -0.1) is 0 Å². The lowest BCUT2D eigenvalue weighted by Crippen LogP contribution is -2.59. The Balaban J connectivity index is 2.59. The van der Waals surface area contributed by atoms with Crippen LogP contribution in [0.2, 0.25) is 0 Å². The fourth-order valence-electron chi connectivity index (χ4n) is 4.53. The molecule has 17 N–H and O–H groups in total. The highest BCUT2D eigenvalue weighted by molar-refractivity contribution is 7.46. The van der Waals surface area contributed by atoms with Gasteiger partial charge in [0.05, 0.1) is 13.2 Å². The number of nitrogens with one attached hydrogen (secondary N) is 5. The molecule has 1 fully saturated rings. The van der Waals surface area contributed by atoms with E-state index in [1.54, 1.807) is 0 Å². The van der Waals surface area contributed by atoms with Crippen molar-refractivity contribution in [1.82, 2.24) is 26.6 Å². The van der Waals surface area contributed by atoms with E-state index < -0.39 is 80.8 Å². The summed E-state index contributed by atoms with van der Waals surface area (Å²) in [5, 5.41) is 31.6. The Morgan fingerprint density at radius 2 is 1.08 bits per heavy atom. The second-order valence-electron chi connectivity index (χ2n) is 11.0. The molecular weight excluding hydrogens is 685 g/mol. The van der Waals surface area contributed by atoms with Gasteiger partial charge in [0.15, 0.2) is 11.9 Å². The lowest BCUT2D eigenvalue weighted by atomic mass is 10.0. The maximum atomic E-state index is 13.7. The maximum Gasteiger partial charge on any atom is 0.469 e. The summed E-state index contributed by atoms with van der Waals surface area (Å²) in [4.78, 5) is 93.6. The maximum absolute atomic E-state index is 13.7. The first-order valence-corrected chi connectivity index (χ1v) is 16.7. The Bertz CT molecular complexity index is 1450. The molecule has 1 aliphatic heterocycles. The lowest BCUT2D eigenvalue weighted by Gasteiger charge is -2.26. The number of hydrogen-bond acceptors (Lipinski definition) is 11. The Kier molecular flexibility index (Phi) is 16.3. The van der Waals surface area contributed by atoms with E-state index >= 15 is 0 Å². The summed E-state index contributed by atoms with van der Waals surface area (Å²) in [6.07, 6.45) is -0.204. The van der Waals surface area contributed by atoms with Crippen molar-refractivity contribution >= 4 is 49.3 Å². The van der Waals surface area contributed by atoms with Gasteiger partial charge in [-0.1, -0.05) is 12.1 Å². The molecule has 0 aromatic heterocycles. The molecule has 0 radical (unpaired) electrons. The predicted molar refractivity (Wildman–Crippen MR) is 176 cm³/mol. The predicted octanol–water partition coefficient (Wildman–Crippen LogP) is -5.42. The Morgan fingerprint density at radius 1 is 0.680 bits per heavy atom. The molecule has 1 aromatic carbocycles. The number of aromatic hydroxyl groups is 1. The molecule has 0 bridgehead atoms. The normalized spacial score (nSPS) is 22.4. The number of guanidine groups is 2. The van der Waals surface area contributed by atoms with Gasteiger partial charge >= 0.3 is 7.82 Å². The third-order valence-corrected chi connectivity index (χ3v) is 7.51. The van der Waals surface area contributed by atoms with Crippen LogP contribution in [0.5, 0.6) is 5.75 Å². The Labute approximate surface area is 286 Å². The number of amides is 5. The van der Waals surface area contributed by atoms with Crippen molar-refractivity contribution in [1.29, 1.82) is 0 Å². The summed E-state index contributed by atoms with van der Waals surface area (Å²) in [5.41, 5.74) is 21.8. The highest BCUT2D eigenvalue weighted by atomic mass is 31.2. The highest BCUT2D eigenvalue weighted by Gasteiger charge is 2.35. The number of rotatable bonds is 14. The van der Waals surface area contributed by atoms with Crippen LogP contribution in [0.3, 0.4) is 0 Å². The van der Waals surface area contributed by atoms with E-state index in [9.17, 15) is 48.5 Å². The number of hydrogen-bond donors (Lipinski definition) is 13. The van der Waals surface area contributed by atoms with Gasteiger partial charge in [0.2, 0.25) is 29.5 Å². The van der Waals surface area contributed by atoms with Gasteiger partial charge in [-0.2, -0.15) is 0 Å². The molecule has 278 valence electrons. The summed E-state index contributed by atoms with van der Waals surface area (Å²) < 4.78 is 16.0. The number of phenolic OH excluding ortho intramolecular Hbond substituents is 1. The van der Waals surface area contributed by atoms with Gasteiger partial charge in [0.1, 0.15) is 36.0 Å². The zero-order valence-corrected chi connectivity index (χ0v) is 27.8. The van der Waals surface area contributed by atoms with Crippen molar-refractivity contribution in [3.05, 3.63) is 29.8 Å². The number of phosphoric acid groups is 1. The van der Waals surface area contributed by atoms with Gasteiger partial charge in [-0.05, 0) is 43.4 Å². The van der Waals surface area contributed by atoms with Crippen molar-refractivity contribution in [3.8, 4) is 5.75 Å². The number of phenols is 1. The van der Waals surface area contributed by atoms with Crippen LogP contribution in [0.1, 0.15) is 31.2 Å². The molecule has 0 unspecified atom stereocenters. The number of benzene rings is 1. The summed E-state index contributed by atoms with van der Waals surface area (Å²) in [7, 11) is -5.19. The van der Waals surface area contributed by atoms with E-state index in [0.717, 1.165) is 0 Å². The third-order valence-electron chi connectivity index (χ3n) is 7.02. The topological polar surface area (TPSA) is 382 Å². The minimum Gasteiger partial charge on any atom is -0.508 e. The summed E-state index contributed by atoms with van der Waals surface area (Å²) >= 11 is 0. The quantitative estimate of drug-likeness (QED) is 0.0368. The van der Waals surface area contributed by atoms with Crippen molar-refractivity contribution in [3.63, 3.8) is 0 Å². The highest BCUT2D eigenvalue weighted by Crippen LogP contribution is 2.35. The van der Waals surface area contributed by atoms with Crippen LogP contribution in [0, 0.1) is 0 Å². The molecule has 0 spiro atoms. The molecular formula is C27H44N11O11P. The first-order valence-electron chi connectivity index (χ1n) is 15.2. The first-order chi connectivity index (χ1) is 23.5. The minimum absolute atomic E-state index is 0.0155. The number of aliphatic hydroxyl groups is 1. The zero-order chi connectivity index (χ0) is 37.4. The van der Waals surface area contributed by atoms with E-state index in [1.807, 2.05) is 0 Å². The average Bonchev–Trinajstić information content (AvgIpc) is 3.03. The van der Waals surface area contributed by atoms with Gasteiger partial charge in [0, 0.05) is 19.5 Å². The van der Waals surface area contributed by atoms with Crippen LogP contribution in [0.4, 0.5) is 0 Å². The van der Waals surface area contributed by atoms with E-state index in [4.69, 9.17) is 22.9 Å². The minimum atomic E-state index is -5.19. The number of aliphatic imine (C=N–C) groups is 2. The van der Waals surface area contributed by atoms with Crippen LogP contribution >= 0.6 is 7.82 Å². The monoisotopic (exact) mass is 729 g/mol. The zero-order valence-electron chi connectivity index (χ0n) is 26.9. The van der Waals surface area contributed by atoms with E-state index in [1.165, 1.54) is 24.3 Å². The van der Waals surface area contributed by atoms with Crippen LogP contribution in [0.25, 0.3) is 0 Å². The number of nitrogens with zero attached hydrogens (tertiary/aromatic N) is 2. The molecule has 0 saturated carbocycles. The molecule has 0 aliphatic carbocycles. The Morgan fingerprint density at radius 3 is 1.54 bits per heavy atom. The number of nitrogens with two attached hydrogens (primary N) is 4. The van der Waals surface area contributed by atoms with Crippen LogP contribution in [-0.4, -0.2) is 118 Å². The lowest BCUT2D eigenvalue weighted by molar-refractivity contribution is -0.135. The molecule has 50 heavy (non-hydrogen) atoms. The largest absolute Gasteiger partial charge is 0.508 e. The molecule has 5 amide bonds. The van der Waals surface area contributed by atoms with Crippen molar-refractivity contribution < 1.29 is 53.1 Å². The van der Waals surface area contributed by atoms with Gasteiger partial charge in [-0.25, -0.2) is 4.57 Å². The molecule has 2 rings (SSSR count). The second kappa shape index (κ2) is 19.8. The first kappa shape index (κ1) is 41.2. The molecule has 1 saturated heterocycles. The average molecular weight is 730 g/mol. The van der Waals surface area contributed by atoms with Crippen LogP contribution in [0.15, 0.2) is 34.3 Å². The van der Waals surface area contributed by atoms with E-state index in [-0.39, 0.29) is 62.9 Å². The number of phosphoric ester groups is 1. The SMILES string of the molecule is NC(N)=NCCC[C@@H]1NC(=O)[C@H](CO)NC(=O)[C@H](CCCN=C(N)N)NC(=O)[C@H](Cc2ccc(O)cc2)NC(=O)[C@H](COP(=O)(O)O)NC1=O. The standard InChI is InChI=1S/C27H44N11O11P/c28-26(29)32-9-1-3-16-21(41)37-19(12-39)24(44)35-17(4-2-10-33-27(30)31)22(42)38-20(13-49-50(46,47)48)25(45)36-18(23(43)34-16)11-14-5-7-15(40)8-6-14/h5-8,16-20,39-40H,1-4,9-13H2,(H,34,43)(H,35,44)(H,36,45)(H,37,41)(H,38,42)(H4,28,29,32)(H4,30,31,33)(H2,46,47,48)/t16-,17-,18-,19-,20-/m0/s1. The van der Waals surface area contributed by atoms with Gasteiger partial charge < -0.3 is 69.5 Å². The van der Waals surface area contributed by atoms with Gasteiger partial charge in [0.25, 0.3) is 0 Å². The van der Waals surface area contributed by atoms with Crippen LogP contribution in [-0.2, 0) is 39.5 Å². The molecule has 5 atom stereocenters. The van der Waals surface area contributed by atoms with Crippen molar-refractivity contribution in [2.45, 2.75) is 62.3 Å². The van der Waals surface area contributed by atoms with Crippen molar-refractivity contribution in [2.24, 2.45) is 32.9 Å². The van der Waals surface area contributed by atoms with Crippen LogP contribution < -0.4 is 49.5 Å². The van der Waals surface area contributed by atoms with Crippen molar-refractivity contribution in [2.75, 3.05) is 26.3 Å². The summed E-state index contributed by atoms with van der Waals surface area (Å²) in [5.74, 6) is -5.58. The van der Waals surface area contributed by atoms with E-state index in [0.29, 0.717) is 5.56 Å². The summed E-state index contributed by atoms with van der Waals surface area (Å²) in [6, 6.07) is -2.21. The second-order valence-corrected chi connectivity index (χ2v) is 12.3. The smallest absolute Gasteiger partial charge is 0.469 e.